The Kier molecular flexibility index (Phi) is 4.13. The number of benzene rings is 1. The van der Waals surface area contributed by atoms with E-state index in [4.69, 9.17) is 0 Å². The van der Waals surface area contributed by atoms with Gasteiger partial charge in [0.05, 0.1) is 6.04 Å². The Hall–Kier alpha value is -2.36. The third kappa shape index (κ3) is 3.55. The van der Waals surface area contributed by atoms with E-state index in [-0.39, 0.29) is 24.1 Å². The van der Waals surface area contributed by atoms with Gasteiger partial charge in [0, 0.05) is 12.3 Å². The zero-order valence-electron chi connectivity index (χ0n) is 10.7. The van der Waals surface area contributed by atoms with E-state index in [9.17, 15) is 9.59 Å². The minimum atomic E-state index is -0.176. The number of carbonyl (C=O) groups is 1. The molecule has 19 heavy (non-hydrogen) atoms. The third-order valence-electron chi connectivity index (χ3n) is 2.89. The van der Waals surface area contributed by atoms with Crippen LogP contribution in [0.15, 0.2) is 59.5 Å². The van der Waals surface area contributed by atoms with E-state index in [0.717, 1.165) is 5.56 Å². The Labute approximate surface area is 111 Å². The zero-order valence-corrected chi connectivity index (χ0v) is 10.7. The summed E-state index contributed by atoms with van der Waals surface area (Å²) in [4.78, 5) is 23.4. The first-order chi connectivity index (χ1) is 9.16. The van der Waals surface area contributed by atoms with E-state index in [1.165, 1.54) is 10.6 Å². The topological polar surface area (TPSA) is 51.1 Å². The van der Waals surface area contributed by atoms with Crippen molar-refractivity contribution < 1.29 is 4.79 Å². The van der Waals surface area contributed by atoms with Gasteiger partial charge in [-0.15, -0.1) is 0 Å². The third-order valence-corrected chi connectivity index (χ3v) is 2.89. The second kappa shape index (κ2) is 6.00. The summed E-state index contributed by atoms with van der Waals surface area (Å²) >= 11 is 0. The fourth-order valence-corrected chi connectivity index (χ4v) is 1.86. The molecule has 1 amide bonds. The minimum Gasteiger partial charge on any atom is -0.348 e. The maximum atomic E-state index is 11.9. The van der Waals surface area contributed by atoms with Gasteiger partial charge in [-0.1, -0.05) is 36.4 Å². The number of nitrogens with one attached hydrogen (secondary N) is 1. The normalized spacial score (nSPS) is 11.8. The first kappa shape index (κ1) is 13.1. The van der Waals surface area contributed by atoms with Crippen molar-refractivity contribution >= 4 is 5.91 Å². The fourth-order valence-electron chi connectivity index (χ4n) is 1.86. The maximum Gasteiger partial charge on any atom is 0.250 e. The number of hydrogen-bond acceptors (Lipinski definition) is 2. The lowest BCUT2D eigenvalue weighted by Crippen LogP contribution is -2.33. The lowest BCUT2D eigenvalue weighted by molar-refractivity contribution is -0.122. The molecule has 0 saturated carbocycles. The number of amides is 1. The quantitative estimate of drug-likeness (QED) is 0.905. The summed E-state index contributed by atoms with van der Waals surface area (Å²) in [5.74, 6) is -0.176. The SMILES string of the molecule is C[C@@H](NC(=O)Cn1ccccc1=O)c1ccccc1. The lowest BCUT2D eigenvalue weighted by atomic mass is 10.1. The van der Waals surface area contributed by atoms with Crippen LogP contribution in [-0.4, -0.2) is 10.5 Å². The van der Waals surface area contributed by atoms with Gasteiger partial charge in [0.25, 0.3) is 5.56 Å². The van der Waals surface area contributed by atoms with Gasteiger partial charge in [-0.25, -0.2) is 0 Å². The summed E-state index contributed by atoms with van der Waals surface area (Å²) in [7, 11) is 0. The molecule has 98 valence electrons. The summed E-state index contributed by atoms with van der Waals surface area (Å²) in [6.45, 7) is 1.96. The molecule has 1 aromatic carbocycles. The van der Waals surface area contributed by atoms with Crippen LogP contribution in [0.2, 0.25) is 0 Å². The number of carbonyl (C=O) groups excluding carboxylic acids is 1. The largest absolute Gasteiger partial charge is 0.348 e. The van der Waals surface area contributed by atoms with Crippen molar-refractivity contribution in [2.75, 3.05) is 0 Å². The molecule has 0 fully saturated rings. The zero-order chi connectivity index (χ0) is 13.7. The van der Waals surface area contributed by atoms with Crippen molar-refractivity contribution in [3.05, 3.63) is 70.6 Å². The highest BCUT2D eigenvalue weighted by molar-refractivity contribution is 5.76. The molecule has 2 aromatic rings. The highest BCUT2D eigenvalue weighted by Gasteiger charge is 2.09. The monoisotopic (exact) mass is 256 g/mol. The van der Waals surface area contributed by atoms with Crippen LogP contribution < -0.4 is 10.9 Å². The summed E-state index contributed by atoms with van der Waals surface area (Å²) < 4.78 is 1.38. The van der Waals surface area contributed by atoms with Crippen LogP contribution in [0.4, 0.5) is 0 Å². The van der Waals surface area contributed by atoms with Gasteiger partial charge in [0.2, 0.25) is 5.91 Å². The van der Waals surface area contributed by atoms with Gasteiger partial charge in [0.15, 0.2) is 0 Å². The lowest BCUT2D eigenvalue weighted by Gasteiger charge is -2.14. The van der Waals surface area contributed by atoms with Crippen molar-refractivity contribution in [1.82, 2.24) is 9.88 Å². The Morgan fingerprint density at radius 1 is 1.16 bits per heavy atom. The Morgan fingerprint density at radius 2 is 1.84 bits per heavy atom. The highest BCUT2D eigenvalue weighted by atomic mass is 16.2. The first-order valence-corrected chi connectivity index (χ1v) is 6.16. The number of rotatable bonds is 4. The molecular formula is C15H16N2O2. The van der Waals surface area contributed by atoms with Crippen LogP contribution in [0.5, 0.6) is 0 Å². The molecule has 0 radical (unpaired) electrons. The van der Waals surface area contributed by atoms with Gasteiger partial charge in [-0.2, -0.15) is 0 Å². The number of aromatic nitrogens is 1. The molecule has 0 spiro atoms. The summed E-state index contributed by atoms with van der Waals surface area (Å²) in [6, 6.07) is 14.5. The predicted octanol–water partition coefficient (Wildman–Crippen LogP) is 1.73. The maximum absolute atomic E-state index is 11.9. The minimum absolute atomic E-state index is 0.0385. The Morgan fingerprint density at radius 3 is 2.53 bits per heavy atom. The molecular weight excluding hydrogens is 240 g/mol. The summed E-state index contributed by atoms with van der Waals surface area (Å²) in [5, 5.41) is 2.87. The molecule has 4 heteroatoms. The van der Waals surface area contributed by atoms with Gasteiger partial charge in [-0.05, 0) is 18.6 Å². The van der Waals surface area contributed by atoms with Crippen LogP contribution >= 0.6 is 0 Å². The number of pyridine rings is 1. The first-order valence-electron chi connectivity index (χ1n) is 6.16. The van der Waals surface area contributed by atoms with Crippen LogP contribution in [0.25, 0.3) is 0 Å². The highest BCUT2D eigenvalue weighted by Crippen LogP contribution is 2.10. The van der Waals surface area contributed by atoms with E-state index in [1.807, 2.05) is 37.3 Å². The molecule has 0 aliphatic carbocycles. The van der Waals surface area contributed by atoms with Gasteiger partial charge in [0.1, 0.15) is 6.54 Å². The molecule has 1 N–H and O–H groups in total. The standard InChI is InChI=1S/C15H16N2O2/c1-12(13-7-3-2-4-8-13)16-14(18)11-17-10-6-5-9-15(17)19/h2-10,12H,11H2,1H3,(H,16,18)/t12-/m1/s1. The number of hydrogen-bond donors (Lipinski definition) is 1. The van der Waals surface area contributed by atoms with E-state index < -0.39 is 0 Å². The van der Waals surface area contributed by atoms with E-state index >= 15 is 0 Å². The van der Waals surface area contributed by atoms with Crippen LogP contribution in [-0.2, 0) is 11.3 Å². The van der Waals surface area contributed by atoms with E-state index in [2.05, 4.69) is 5.32 Å². The van der Waals surface area contributed by atoms with Crippen LogP contribution in [0, 0.1) is 0 Å². The number of nitrogens with zero attached hydrogens (tertiary/aromatic N) is 1. The van der Waals surface area contributed by atoms with E-state index in [1.54, 1.807) is 18.3 Å². The van der Waals surface area contributed by atoms with Gasteiger partial charge >= 0.3 is 0 Å². The van der Waals surface area contributed by atoms with E-state index in [0.29, 0.717) is 0 Å². The predicted molar refractivity (Wildman–Crippen MR) is 73.7 cm³/mol. The summed E-state index contributed by atoms with van der Waals surface area (Å²) in [5.41, 5.74) is 0.862. The molecule has 1 atom stereocenters. The van der Waals surface area contributed by atoms with Crippen molar-refractivity contribution in [3.8, 4) is 0 Å². The van der Waals surface area contributed by atoms with Gasteiger partial charge in [-0.3, -0.25) is 9.59 Å². The molecule has 0 unspecified atom stereocenters. The molecule has 1 heterocycles. The van der Waals surface area contributed by atoms with Crippen molar-refractivity contribution in [1.29, 1.82) is 0 Å². The van der Waals surface area contributed by atoms with Crippen LogP contribution in [0.3, 0.4) is 0 Å². The van der Waals surface area contributed by atoms with Gasteiger partial charge < -0.3 is 9.88 Å². The average molecular weight is 256 g/mol. The second-order valence-electron chi connectivity index (χ2n) is 4.37. The average Bonchev–Trinajstić information content (AvgIpc) is 2.42. The van der Waals surface area contributed by atoms with Crippen LogP contribution in [0.1, 0.15) is 18.5 Å². The molecule has 1 aromatic heterocycles. The molecule has 0 aliphatic rings. The van der Waals surface area contributed by atoms with Crippen molar-refractivity contribution in [3.63, 3.8) is 0 Å². The molecule has 0 aliphatic heterocycles. The Bertz CT molecular complexity index is 605. The Balaban J connectivity index is 1.99. The second-order valence-corrected chi connectivity index (χ2v) is 4.37. The van der Waals surface area contributed by atoms with Crippen molar-refractivity contribution in [2.45, 2.75) is 19.5 Å². The molecule has 0 bridgehead atoms. The smallest absolute Gasteiger partial charge is 0.250 e. The molecule has 2 rings (SSSR count). The molecule has 4 nitrogen and oxygen atoms in total. The van der Waals surface area contributed by atoms with Crippen molar-refractivity contribution in [2.24, 2.45) is 0 Å². The molecule has 0 saturated heterocycles. The fraction of sp³-hybridized carbons (Fsp3) is 0.200. The summed E-state index contributed by atoms with van der Waals surface area (Å²) in [6.07, 6.45) is 1.61.